The maximum Gasteiger partial charge on any atom is 0.320 e. The standard InChI is InChI=1S/C11H21N3O6/c1-3-11(2,7-20-14(18)19)6-13-9(15)5-4-8(12)10(16)17/h8H,3-7,12H2,1-2H3,(H,13,15)(H,16,17). The minimum atomic E-state index is -1.16. The van der Waals surface area contributed by atoms with Crippen LogP contribution in [-0.4, -0.2) is 41.3 Å². The van der Waals surface area contributed by atoms with E-state index in [0.717, 1.165) is 0 Å². The van der Waals surface area contributed by atoms with Crippen molar-refractivity contribution in [3.63, 3.8) is 0 Å². The quantitative estimate of drug-likeness (QED) is 0.377. The zero-order valence-electron chi connectivity index (χ0n) is 11.6. The van der Waals surface area contributed by atoms with Crippen molar-refractivity contribution in [3.8, 4) is 0 Å². The molecule has 0 rings (SSSR count). The van der Waals surface area contributed by atoms with Gasteiger partial charge in [-0.05, 0) is 12.8 Å². The molecule has 0 aromatic carbocycles. The van der Waals surface area contributed by atoms with Gasteiger partial charge < -0.3 is 21.0 Å². The summed E-state index contributed by atoms with van der Waals surface area (Å²) in [6.07, 6.45) is 0.606. The molecule has 0 aliphatic rings. The molecule has 0 bridgehead atoms. The van der Waals surface area contributed by atoms with Gasteiger partial charge in [0, 0.05) is 18.4 Å². The Morgan fingerprint density at radius 3 is 2.60 bits per heavy atom. The van der Waals surface area contributed by atoms with E-state index in [9.17, 15) is 19.7 Å². The fraction of sp³-hybridized carbons (Fsp3) is 0.818. The predicted molar refractivity (Wildman–Crippen MR) is 69.2 cm³/mol. The van der Waals surface area contributed by atoms with Crippen molar-refractivity contribution in [2.45, 2.75) is 39.2 Å². The first kappa shape index (κ1) is 18.1. The molecule has 0 aromatic heterocycles. The molecule has 9 heteroatoms. The summed E-state index contributed by atoms with van der Waals surface area (Å²) in [5, 5.41) is 20.5. The highest BCUT2D eigenvalue weighted by Gasteiger charge is 2.25. The van der Waals surface area contributed by atoms with Crippen molar-refractivity contribution in [1.29, 1.82) is 0 Å². The molecule has 2 unspecified atom stereocenters. The molecule has 0 heterocycles. The van der Waals surface area contributed by atoms with Crippen LogP contribution in [0.2, 0.25) is 0 Å². The second-order valence-corrected chi connectivity index (χ2v) is 4.92. The van der Waals surface area contributed by atoms with Crippen molar-refractivity contribution in [2.75, 3.05) is 13.2 Å². The van der Waals surface area contributed by atoms with Crippen LogP contribution in [0.3, 0.4) is 0 Å². The third-order valence-electron chi connectivity index (χ3n) is 3.08. The van der Waals surface area contributed by atoms with Crippen LogP contribution in [0.25, 0.3) is 0 Å². The molecule has 20 heavy (non-hydrogen) atoms. The monoisotopic (exact) mass is 291 g/mol. The summed E-state index contributed by atoms with van der Waals surface area (Å²) < 4.78 is 0. The highest BCUT2D eigenvalue weighted by molar-refractivity contribution is 5.78. The second-order valence-electron chi connectivity index (χ2n) is 4.92. The largest absolute Gasteiger partial charge is 0.480 e. The number of carboxylic acids is 1. The van der Waals surface area contributed by atoms with E-state index in [1.54, 1.807) is 6.92 Å². The Kier molecular flexibility index (Phi) is 7.52. The number of rotatable bonds is 10. The zero-order chi connectivity index (χ0) is 15.8. The van der Waals surface area contributed by atoms with Crippen LogP contribution in [0, 0.1) is 15.5 Å². The van der Waals surface area contributed by atoms with Gasteiger partial charge in [0.1, 0.15) is 12.6 Å². The van der Waals surface area contributed by atoms with Crippen molar-refractivity contribution >= 4 is 11.9 Å². The molecule has 0 saturated carbocycles. The number of carbonyl (C=O) groups excluding carboxylic acids is 1. The van der Waals surface area contributed by atoms with Crippen LogP contribution in [0.1, 0.15) is 33.1 Å². The van der Waals surface area contributed by atoms with Gasteiger partial charge in [0.25, 0.3) is 5.09 Å². The van der Waals surface area contributed by atoms with Crippen molar-refractivity contribution < 1.29 is 24.6 Å². The number of carbonyl (C=O) groups is 2. The number of carboxylic acid groups (broad SMARTS) is 1. The summed E-state index contributed by atoms with van der Waals surface area (Å²) in [6.45, 7) is 3.67. The van der Waals surface area contributed by atoms with E-state index < -0.39 is 22.5 Å². The lowest BCUT2D eigenvalue weighted by Crippen LogP contribution is -2.39. The van der Waals surface area contributed by atoms with Crippen LogP contribution in [0.15, 0.2) is 0 Å². The average molecular weight is 291 g/mol. The molecule has 0 radical (unpaired) electrons. The number of nitrogens with two attached hydrogens (primary N) is 1. The summed E-state index contributed by atoms with van der Waals surface area (Å²) in [5.74, 6) is -1.50. The van der Waals surface area contributed by atoms with E-state index in [2.05, 4.69) is 10.2 Å². The fourth-order valence-corrected chi connectivity index (χ4v) is 1.30. The molecule has 1 amide bonds. The van der Waals surface area contributed by atoms with E-state index in [4.69, 9.17) is 10.8 Å². The SMILES string of the molecule is CCC(C)(CNC(=O)CCC(N)C(=O)O)CO[N+](=O)[O-]. The van der Waals surface area contributed by atoms with Gasteiger partial charge in [-0.2, -0.15) is 0 Å². The number of aliphatic carboxylic acids is 1. The number of nitrogens with zero attached hydrogens (tertiary/aromatic N) is 1. The van der Waals surface area contributed by atoms with Crippen LogP contribution >= 0.6 is 0 Å². The summed E-state index contributed by atoms with van der Waals surface area (Å²) in [7, 11) is 0. The first-order chi connectivity index (χ1) is 9.20. The van der Waals surface area contributed by atoms with Gasteiger partial charge >= 0.3 is 5.97 Å². The van der Waals surface area contributed by atoms with Crippen LogP contribution in [0.5, 0.6) is 0 Å². The van der Waals surface area contributed by atoms with E-state index in [1.165, 1.54) is 0 Å². The molecule has 0 aliphatic carbocycles. The molecular formula is C11H21N3O6. The van der Waals surface area contributed by atoms with E-state index in [0.29, 0.717) is 6.42 Å². The molecule has 9 nitrogen and oxygen atoms in total. The van der Waals surface area contributed by atoms with Gasteiger partial charge in [-0.25, -0.2) is 0 Å². The Balaban J connectivity index is 4.12. The lowest BCUT2D eigenvalue weighted by atomic mass is 9.88. The molecule has 0 saturated heterocycles. The molecule has 116 valence electrons. The number of amides is 1. The topological polar surface area (TPSA) is 145 Å². The number of nitrogens with one attached hydrogen (secondary N) is 1. The molecule has 0 spiro atoms. The van der Waals surface area contributed by atoms with Gasteiger partial charge in [0.05, 0.1) is 0 Å². The lowest BCUT2D eigenvalue weighted by Gasteiger charge is -2.27. The van der Waals surface area contributed by atoms with Gasteiger partial charge in [-0.3, -0.25) is 9.59 Å². The van der Waals surface area contributed by atoms with E-state index in [1.807, 2.05) is 6.92 Å². The maximum atomic E-state index is 11.5. The minimum absolute atomic E-state index is 0.0106. The van der Waals surface area contributed by atoms with Gasteiger partial charge in [-0.1, -0.05) is 13.8 Å². The first-order valence-corrected chi connectivity index (χ1v) is 6.22. The summed E-state index contributed by atoms with van der Waals surface area (Å²) in [4.78, 5) is 36.5. The summed E-state index contributed by atoms with van der Waals surface area (Å²) >= 11 is 0. The minimum Gasteiger partial charge on any atom is -0.480 e. The third-order valence-corrected chi connectivity index (χ3v) is 3.08. The second kappa shape index (κ2) is 8.31. The highest BCUT2D eigenvalue weighted by Crippen LogP contribution is 2.20. The fourth-order valence-electron chi connectivity index (χ4n) is 1.30. The van der Waals surface area contributed by atoms with Gasteiger partial charge in [0.2, 0.25) is 5.91 Å². The third kappa shape index (κ3) is 7.52. The predicted octanol–water partition coefficient (Wildman–Crippen LogP) is -0.0807. The normalized spacial score (nSPS) is 14.9. The highest BCUT2D eigenvalue weighted by atomic mass is 16.9. The molecule has 2 atom stereocenters. The summed E-state index contributed by atoms with van der Waals surface area (Å²) in [5.41, 5.74) is 4.72. The first-order valence-electron chi connectivity index (χ1n) is 6.22. The van der Waals surface area contributed by atoms with E-state index in [-0.39, 0.29) is 31.9 Å². The van der Waals surface area contributed by atoms with Gasteiger partial charge in [-0.15, -0.1) is 10.1 Å². The van der Waals surface area contributed by atoms with E-state index >= 15 is 0 Å². The van der Waals surface area contributed by atoms with Crippen LogP contribution in [0.4, 0.5) is 0 Å². The number of hydrogen-bond donors (Lipinski definition) is 3. The Morgan fingerprint density at radius 2 is 2.15 bits per heavy atom. The van der Waals surface area contributed by atoms with Gasteiger partial charge in [0.15, 0.2) is 0 Å². The molecule has 0 fully saturated rings. The molecular weight excluding hydrogens is 270 g/mol. The van der Waals surface area contributed by atoms with Crippen molar-refractivity contribution in [3.05, 3.63) is 10.1 Å². The maximum absolute atomic E-state index is 11.5. The Morgan fingerprint density at radius 1 is 1.55 bits per heavy atom. The Labute approximate surface area is 116 Å². The smallest absolute Gasteiger partial charge is 0.320 e. The van der Waals surface area contributed by atoms with Crippen molar-refractivity contribution in [1.82, 2.24) is 5.32 Å². The molecule has 0 aromatic rings. The Hall–Kier alpha value is -1.90. The number of hydrogen-bond acceptors (Lipinski definition) is 6. The molecule has 0 aliphatic heterocycles. The Bertz CT molecular complexity index is 362. The molecule has 4 N–H and O–H groups in total. The van der Waals surface area contributed by atoms with Crippen LogP contribution < -0.4 is 11.1 Å². The van der Waals surface area contributed by atoms with Crippen molar-refractivity contribution in [2.24, 2.45) is 11.1 Å². The summed E-state index contributed by atoms with van der Waals surface area (Å²) in [6, 6.07) is -1.07. The zero-order valence-corrected chi connectivity index (χ0v) is 11.6. The average Bonchev–Trinajstić information content (AvgIpc) is 2.40. The lowest BCUT2D eigenvalue weighted by molar-refractivity contribution is -0.760. The van der Waals surface area contributed by atoms with Crippen LogP contribution in [-0.2, 0) is 14.4 Å².